The van der Waals surface area contributed by atoms with Crippen molar-refractivity contribution in [2.75, 3.05) is 0 Å². The second kappa shape index (κ2) is 11.2. The van der Waals surface area contributed by atoms with Crippen LogP contribution in [0, 0.1) is 19.4 Å². The van der Waals surface area contributed by atoms with Gasteiger partial charge in [-0.25, -0.2) is 4.79 Å². The SMILES string of the molecule is C#CN(C(=O)C(CC(N)=O)NC(=O)OC(C)(C)C)C(C(=O)NC(C)C)c1ccc(C)cc1. The van der Waals surface area contributed by atoms with E-state index in [4.69, 9.17) is 16.9 Å². The third-order valence-corrected chi connectivity index (χ3v) is 4.10. The highest BCUT2D eigenvalue weighted by Gasteiger charge is 2.36. The van der Waals surface area contributed by atoms with E-state index in [2.05, 4.69) is 16.7 Å². The summed E-state index contributed by atoms with van der Waals surface area (Å²) in [6.45, 7) is 10.4. The van der Waals surface area contributed by atoms with Gasteiger partial charge in [-0.1, -0.05) is 36.3 Å². The Labute approximate surface area is 189 Å². The van der Waals surface area contributed by atoms with Gasteiger partial charge in [0.2, 0.25) is 11.8 Å². The van der Waals surface area contributed by atoms with Crippen molar-refractivity contribution in [1.29, 1.82) is 0 Å². The molecule has 0 saturated carbocycles. The summed E-state index contributed by atoms with van der Waals surface area (Å²) in [5, 5.41) is 5.08. The molecule has 0 spiro atoms. The standard InChI is InChI=1S/C23H32N4O5/c1-8-27(19(20(29)25-14(2)3)16-11-9-15(4)10-12-16)21(30)17(13-18(24)28)26-22(31)32-23(5,6)7/h1,9-12,14,17,19H,13H2,2-7H3,(H2,24,28)(H,25,29)(H,26,31). The van der Waals surface area contributed by atoms with Gasteiger partial charge in [0, 0.05) is 12.1 Å². The number of alkyl carbamates (subject to hydrolysis) is 1. The van der Waals surface area contributed by atoms with Gasteiger partial charge in [0.15, 0.2) is 0 Å². The lowest BCUT2D eigenvalue weighted by atomic mass is 10.0. The van der Waals surface area contributed by atoms with E-state index >= 15 is 0 Å². The zero-order valence-electron chi connectivity index (χ0n) is 19.4. The Kier molecular flexibility index (Phi) is 9.26. The first-order valence-electron chi connectivity index (χ1n) is 10.2. The Morgan fingerprint density at radius 1 is 1.12 bits per heavy atom. The molecule has 9 heteroatoms. The zero-order valence-corrected chi connectivity index (χ0v) is 19.4. The highest BCUT2D eigenvalue weighted by molar-refractivity contribution is 5.95. The monoisotopic (exact) mass is 444 g/mol. The van der Waals surface area contributed by atoms with Crippen LogP contribution < -0.4 is 16.4 Å². The van der Waals surface area contributed by atoms with Gasteiger partial charge >= 0.3 is 6.09 Å². The van der Waals surface area contributed by atoms with Gasteiger partial charge in [-0.3, -0.25) is 19.3 Å². The Morgan fingerprint density at radius 2 is 1.69 bits per heavy atom. The summed E-state index contributed by atoms with van der Waals surface area (Å²) in [5.74, 6) is -2.19. The molecule has 1 aromatic carbocycles. The molecule has 0 aliphatic rings. The molecule has 32 heavy (non-hydrogen) atoms. The van der Waals surface area contributed by atoms with Crippen molar-refractivity contribution in [2.45, 2.75) is 71.7 Å². The normalized spacial score (nSPS) is 12.8. The molecular formula is C23H32N4O5. The average molecular weight is 445 g/mol. The predicted molar refractivity (Wildman–Crippen MR) is 120 cm³/mol. The van der Waals surface area contributed by atoms with Crippen molar-refractivity contribution in [3.63, 3.8) is 0 Å². The average Bonchev–Trinajstić information content (AvgIpc) is 2.63. The third kappa shape index (κ3) is 8.30. The number of carbonyl (C=O) groups excluding carboxylic acids is 4. The molecule has 0 fully saturated rings. The number of aryl methyl sites for hydroxylation is 1. The van der Waals surface area contributed by atoms with Crippen LogP contribution in [-0.4, -0.2) is 46.4 Å². The Balaban J connectivity index is 3.35. The van der Waals surface area contributed by atoms with Crippen LogP contribution in [-0.2, 0) is 19.1 Å². The second-order valence-corrected chi connectivity index (χ2v) is 8.68. The van der Waals surface area contributed by atoms with Gasteiger partial charge in [-0.15, -0.1) is 0 Å². The number of hydrogen-bond donors (Lipinski definition) is 3. The Hall–Kier alpha value is -3.54. The molecule has 0 saturated heterocycles. The van der Waals surface area contributed by atoms with E-state index in [1.165, 1.54) is 0 Å². The van der Waals surface area contributed by atoms with Gasteiger partial charge in [0.05, 0.1) is 6.42 Å². The van der Waals surface area contributed by atoms with E-state index in [9.17, 15) is 19.2 Å². The van der Waals surface area contributed by atoms with Crippen molar-refractivity contribution in [1.82, 2.24) is 15.5 Å². The van der Waals surface area contributed by atoms with Crippen molar-refractivity contribution < 1.29 is 23.9 Å². The van der Waals surface area contributed by atoms with Crippen LogP contribution in [0.2, 0.25) is 0 Å². The molecule has 0 aromatic heterocycles. The van der Waals surface area contributed by atoms with Crippen LogP contribution in [0.3, 0.4) is 0 Å². The molecule has 2 unspecified atom stereocenters. The lowest BCUT2D eigenvalue weighted by Crippen LogP contribution is -2.53. The maximum Gasteiger partial charge on any atom is 0.408 e. The molecule has 174 valence electrons. The number of nitrogens with two attached hydrogens (primary N) is 1. The highest BCUT2D eigenvalue weighted by Crippen LogP contribution is 2.23. The van der Waals surface area contributed by atoms with E-state index in [0.29, 0.717) is 5.56 Å². The molecule has 0 aliphatic carbocycles. The number of benzene rings is 1. The predicted octanol–water partition coefficient (Wildman–Crippen LogP) is 1.75. The number of primary amides is 1. The van der Waals surface area contributed by atoms with Crippen LogP contribution in [0.15, 0.2) is 24.3 Å². The van der Waals surface area contributed by atoms with E-state index in [1.54, 1.807) is 58.9 Å². The second-order valence-electron chi connectivity index (χ2n) is 8.68. The Morgan fingerprint density at radius 3 is 2.12 bits per heavy atom. The molecular weight excluding hydrogens is 412 g/mol. The lowest BCUT2D eigenvalue weighted by Gasteiger charge is -2.30. The number of carbonyl (C=O) groups is 4. The largest absolute Gasteiger partial charge is 0.444 e. The minimum absolute atomic E-state index is 0.216. The first-order chi connectivity index (χ1) is 14.7. The maximum absolute atomic E-state index is 13.3. The number of rotatable bonds is 8. The number of amides is 4. The molecule has 4 N–H and O–H groups in total. The third-order valence-electron chi connectivity index (χ3n) is 4.10. The number of terminal acetylenes is 1. The van der Waals surface area contributed by atoms with Crippen LogP contribution in [0.5, 0.6) is 0 Å². The summed E-state index contributed by atoms with van der Waals surface area (Å²) < 4.78 is 5.17. The summed E-state index contributed by atoms with van der Waals surface area (Å²) in [4.78, 5) is 51.0. The van der Waals surface area contributed by atoms with Crippen LogP contribution >= 0.6 is 0 Å². The van der Waals surface area contributed by atoms with Gasteiger partial charge in [0.1, 0.15) is 17.7 Å². The maximum atomic E-state index is 13.3. The number of ether oxygens (including phenoxy) is 1. The van der Waals surface area contributed by atoms with Gasteiger partial charge in [0.25, 0.3) is 5.91 Å². The van der Waals surface area contributed by atoms with Gasteiger partial charge in [-0.2, -0.15) is 0 Å². The molecule has 0 bridgehead atoms. The van der Waals surface area contributed by atoms with Crippen molar-refractivity contribution >= 4 is 23.8 Å². The number of hydrogen-bond acceptors (Lipinski definition) is 5. The molecule has 9 nitrogen and oxygen atoms in total. The van der Waals surface area contributed by atoms with E-state index in [1.807, 2.05) is 6.92 Å². The molecule has 0 aliphatic heterocycles. The van der Waals surface area contributed by atoms with Gasteiger partial charge < -0.3 is 21.1 Å². The first-order valence-corrected chi connectivity index (χ1v) is 10.2. The summed E-state index contributed by atoms with van der Waals surface area (Å²) in [7, 11) is 0. The Bertz CT molecular complexity index is 881. The smallest absolute Gasteiger partial charge is 0.408 e. The minimum atomic E-state index is -1.42. The van der Waals surface area contributed by atoms with Crippen molar-refractivity contribution in [2.24, 2.45) is 5.73 Å². The van der Waals surface area contributed by atoms with Crippen molar-refractivity contribution in [3.05, 3.63) is 35.4 Å². The quantitative estimate of drug-likeness (QED) is 0.415. The van der Waals surface area contributed by atoms with Crippen LogP contribution in [0.4, 0.5) is 4.79 Å². The zero-order chi connectivity index (χ0) is 24.6. The van der Waals surface area contributed by atoms with E-state index in [0.717, 1.165) is 10.5 Å². The molecule has 1 aromatic rings. The summed E-state index contributed by atoms with van der Waals surface area (Å²) >= 11 is 0. The topological polar surface area (TPSA) is 131 Å². The number of nitrogens with one attached hydrogen (secondary N) is 2. The first kappa shape index (κ1) is 26.5. The van der Waals surface area contributed by atoms with Gasteiger partial charge in [-0.05, 0) is 47.1 Å². The van der Waals surface area contributed by atoms with Crippen molar-refractivity contribution in [3.8, 4) is 12.5 Å². The molecule has 0 heterocycles. The fraction of sp³-hybridized carbons (Fsp3) is 0.478. The summed E-state index contributed by atoms with van der Waals surface area (Å²) in [5.41, 5.74) is 5.86. The number of nitrogens with zero attached hydrogens (tertiary/aromatic N) is 1. The fourth-order valence-electron chi connectivity index (χ4n) is 2.81. The van der Waals surface area contributed by atoms with E-state index < -0.39 is 47.9 Å². The summed E-state index contributed by atoms with van der Waals surface area (Å²) in [6, 6.07) is 6.33. The molecule has 1 rings (SSSR count). The van der Waals surface area contributed by atoms with Crippen LogP contribution in [0.25, 0.3) is 0 Å². The van der Waals surface area contributed by atoms with E-state index in [-0.39, 0.29) is 6.04 Å². The summed E-state index contributed by atoms with van der Waals surface area (Å²) in [6.07, 6.45) is 4.18. The molecule has 0 radical (unpaired) electrons. The molecule has 2 atom stereocenters. The highest BCUT2D eigenvalue weighted by atomic mass is 16.6. The molecule has 4 amide bonds. The fourth-order valence-corrected chi connectivity index (χ4v) is 2.81. The minimum Gasteiger partial charge on any atom is -0.444 e. The van der Waals surface area contributed by atoms with Crippen LogP contribution in [0.1, 0.15) is 58.2 Å². The lowest BCUT2D eigenvalue weighted by molar-refractivity contribution is -0.139.